The van der Waals surface area contributed by atoms with E-state index in [1.807, 2.05) is 0 Å². The molecule has 0 spiro atoms. The van der Waals surface area contributed by atoms with E-state index in [1.54, 1.807) is 0 Å². The van der Waals surface area contributed by atoms with E-state index in [0.29, 0.717) is 21.9 Å². The highest BCUT2D eigenvalue weighted by Gasteiger charge is 2.51. The lowest BCUT2D eigenvalue weighted by Crippen LogP contribution is -2.49. The highest BCUT2D eigenvalue weighted by atomic mass is 19.4. The second-order valence-electron chi connectivity index (χ2n) is 8.05. The molecule has 0 bridgehead atoms. The molecule has 0 saturated carbocycles. The van der Waals surface area contributed by atoms with E-state index in [1.165, 1.54) is 0 Å². The molecule has 1 N–H and O–H groups in total. The van der Waals surface area contributed by atoms with Crippen molar-refractivity contribution in [3.05, 3.63) is 59.7 Å². The summed E-state index contributed by atoms with van der Waals surface area (Å²) >= 11 is 0. The Labute approximate surface area is 198 Å². The topological polar surface area (TPSA) is 98.2 Å². The third kappa shape index (κ3) is 4.44. The van der Waals surface area contributed by atoms with Gasteiger partial charge in [-0.15, -0.1) is 0 Å². The Kier molecular flexibility index (Phi) is 6.12. The van der Waals surface area contributed by atoms with E-state index < -0.39 is 83.4 Å². The Morgan fingerprint density at radius 2 is 1.06 bits per heavy atom. The summed E-state index contributed by atoms with van der Waals surface area (Å²) in [7, 11) is 0. The van der Waals surface area contributed by atoms with Gasteiger partial charge in [0.25, 0.3) is 11.8 Å². The summed E-state index contributed by atoms with van der Waals surface area (Å²) in [6, 6.07) is 3.29. The van der Waals surface area contributed by atoms with Gasteiger partial charge in [-0.1, -0.05) is 12.1 Å². The maximum absolute atomic E-state index is 13.0. The molecule has 0 unspecified atom stereocenters. The van der Waals surface area contributed by atoms with E-state index in [2.05, 4.69) is 0 Å². The fourth-order valence-electron chi connectivity index (χ4n) is 4.05. The number of hydrogen-bond acceptors (Lipinski definition) is 6. The van der Waals surface area contributed by atoms with Crippen LogP contribution in [0.2, 0.25) is 0 Å². The Bertz CT molecular complexity index is 1170. The van der Waals surface area contributed by atoms with Gasteiger partial charge in [0.2, 0.25) is 11.8 Å². The number of nitrogens with zero attached hydrogens (tertiary/aromatic N) is 3. The molecule has 2 heterocycles. The van der Waals surface area contributed by atoms with E-state index in [4.69, 9.17) is 0 Å². The molecule has 2 aromatic carbocycles. The minimum atomic E-state index is -4.76. The number of amides is 4. The summed E-state index contributed by atoms with van der Waals surface area (Å²) in [6.07, 6.45) is -10.9. The monoisotopic (exact) mass is 515 g/mol. The summed E-state index contributed by atoms with van der Waals surface area (Å²) in [4.78, 5) is 51.5. The lowest BCUT2D eigenvalue weighted by molar-refractivity contribution is -0.172. The molecule has 2 aliphatic heterocycles. The minimum Gasteiger partial charge on any atom is -0.312 e. The van der Waals surface area contributed by atoms with Crippen LogP contribution in [0.4, 0.5) is 37.7 Å². The van der Waals surface area contributed by atoms with Crippen LogP contribution in [-0.2, 0) is 31.5 Å². The lowest BCUT2D eigenvalue weighted by Gasteiger charge is -2.25. The standard InChI is InChI=1S/C22H15F6N3O5/c23-21(24,25)11-3-1-5-13(7-11)29-17(32)9-15(19(29)34)31(36)16-10-18(33)30(20(16)35)14-6-2-4-12(8-14)22(26,27)28/h1-8,15-16,36H,9-10H2/t15-,16+. The van der Waals surface area contributed by atoms with Crippen LogP contribution in [0, 0.1) is 0 Å². The van der Waals surface area contributed by atoms with Crippen LogP contribution in [0.1, 0.15) is 24.0 Å². The zero-order valence-electron chi connectivity index (χ0n) is 17.9. The van der Waals surface area contributed by atoms with Crippen molar-refractivity contribution >= 4 is 35.0 Å². The average molecular weight is 515 g/mol. The molecular weight excluding hydrogens is 500 g/mol. The van der Waals surface area contributed by atoms with E-state index in [9.17, 15) is 50.7 Å². The Hall–Kier alpha value is -3.78. The molecule has 2 aromatic rings. The number of hydrogen-bond donors (Lipinski definition) is 1. The molecule has 2 atom stereocenters. The first-order chi connectivity index (χ1) is 16.7. The second-order valence-corrected chi connectivity index (χ2v) is 8.05. The molecule has 2 saturated heterocycles. The SMILES string of the molecule is O=C1C[C@@H](N(O)[C@H]2CC(=O)N(c3cccc(C(F)(F)F)c3)C2=O)C(=O)N1c1cccc(C(F)(F)F)c1. The van der Waals surface area contributed by atoms with Crippen LogP contribution in [0.25, 0.3) is 0 Å². The maximum Gasteiger partial charge on any atom is 0.416 e. The fraction of sp³-hybridized carbons (Fsp3) is 0.273. The van der Waals surface area contributed by atoms with Crippen LogP contribution in [0.3, 0.4) is 0 Å². The van der Waals surface area contributed by atoms with Crippen molar-refractivity contribution in [3.8, 4) is 0 Å². The molecule has 8 nitrogen and oxygen atoms in total. The van der Waals surface area contributed by atoms with Gasteiger partial charge in [0.05, 0.1) is 35.3 Å². The number of benzene rings is 2. The van der Waals surface area contributed by atoms with E-state index in [-0.39, 0.29) is 5.06 Å². The summed E-state index contributed by atoms with van der Waals surface area (Å²) in [5.41, 5.74) is -3.07. The smallest absolute Gasteiger partial charge is 0.312 e. The first kappa shape index (κ1) is 25.3. The molecule has 190 valence electrons. The summed E-state index contributed by atoms with van der Waals surface area (Å²) in [6.45, 7) is 0. The molecule has 2 aliphatic rings. The fourth-order valence-corrected chi connectivity index (χ4v) is 4.05. The summed E-state index contributed by atoms with van der Waals surface area (Å²) < 4.78 is 78.2. The van der Waals surface area contributed by atoms with Gasteiger partial charge >= 0.3 is 12.4 Å². The van der Waals surface area contributed by atoms with Gasteiger partial charge < -0.3 is 5.21 Å². The number of halogens is 6. The van der Waals surface area contributed by atoms with Gasteiger partial charge in [0.1, 0.15) is 12.1 Å². The largest absolute Gasteiger partial charge is 0.416 e. The third-order valence-corrected chi connectivity index (χ3v) is 5.75. The molecule has 0 radical (unpaired) electrons. The molecule has 2 fully saturated rings. The van der Waals surface area contributed by atoms with Crippen LogP contribution in [0.5, 0.6) is 0 Å². The van der Waals surface area contributed by atoms with E-state index >= 15 is 0 Å². The number of carbonyl (C=O) groups excluding carboxylic acids is 4. The van der Waals surface area contributed by atoms with Gasteiger partial charge in [-0.2, -0.15) is 31.4 Å². The highest BCUT2D eigenvalue weighted by molar-refractivity contribution is 6.24. The van der Waals surface area contributed by atoms with Gasteiger partial charge in [-0.25, -0.2) is 9.80 Å². The number of carbonyl (C=O) groups is 4. The zero-order valence-corrected chi connectivity index (χ0v) is 17.9. The average Bonchev–Trinajstić information content (AvgIpc) is 3.26. The first-order valence-electron chi connectivity index (χ1n) is 10.3. The van der Waals surface area contributed by atoms with Gasteiger partial charge in [-0.3, -0.25) is 19.2 Å². The second kappa shape index (κ2) is 8.71. The van der Waals surface area contributed by atoms with Crippen LogP contribution in [0.15, 0.2) is 48.5 Å². The van der Waals surface area contributed by atoms with E-state index in [0.717, 1.165) is 36.4 Å². The molecule has 0 aliphatic carbocycles. The number of imide groups is 2. The number of rotatable bonds is 4. The number of anilines is 2. The summed E-state index contributed by atoms with van der Waals surface area (Å²) in [5, 5.41) is 10.8. The van der Waals surface area contributed by atoms with Crippen molar-refractivity contribution < 1.29 is 50.7 Å². The van der Waals surface area contributed by atoms with Gasteiger partial charge in [0.15, 0.2) is 0 Å². The predicted octanol–water partition coefficient (Wildman–Crippen LogP) is 3.38. The molecule has 4 rings (SSSR count). The van der Waals surface area contributed by atoms with Crippen molar-refractivity contribution in [2.75, 3.05) is 9.80 Å². The number of alkyl halides is 6. The van der Waals surface area contributed by atoms with Crippen LogP contribution >= 0.6 is 0 Å². The zero-order chi connectivity index (χ0) is 26.6. The Morgan fingerprint density at radius 3 is 1.39 bits per heavy atom. The van der Waals surface area contributed by atoms with Gasteiger partial charge in [-0.05, 0) is 36.4 Å². The minimum absolute atomic E-state index is 0.154. The van der Waals surface area contributed by atoms with Crippen molar-refractivity contribution in [2.24, 2.45) is 0 Å². The molecular formula is C22H15F6N3O5. The Balaban J connectivity index is 1.57. The van der Waals surface area contributed by atoms with Crippen molar-refractivity contribution in [3.63, 3.8) is 0 Å². The molecule has 4 amide bonds. The third-order valence-electron chi connectivity index (χ3n) is 5.75. The van der Waals surface area contributed by atoms with Crippen molar-refractivity contribution in [1.29, 1.82) is 0 Å². The quantitative estimate of drug-likeness (QED) is 0.381. The predicted molar refractivity (Wildman–Crippen MR) is 108 cm³/mol. The highest BCUT2D eigenvalue weighted by Crippen LogP contribution is 2.36. The molecule has 0 aromatic heterocycles. The molecule has 36 heavy (non-hydrogen) atoms. The lowest BCUT2D eigenvalue weighted by atomic mass is 10.1. The van der Waals surface area contributed by atoms with Crippen molar-refractivity contribution in [1.82, 2.24) is 5.06 Å². The van der Waals surface area contributed by atoms with Crippen LogP contribution in [-0.4, -0.2) is 46.0 Å². The molecule has 14 heteroatoms. The normalized spacial score (nSPS) is 21.3. The Morgan fingerprint density at radius 1 is 0.694 bits per heavy atom. The number of hydroxylamine groups is 2. The summed E-state index contributed by atoms with van der Waals surface area (Å²) in [5.74, 6) is -4.20. The first-order valence-corrected chi connectivity index (χ1v) is 10.3. The maximum atomic E-state index is 13.0. The van der Waals surface area contributed by atoms with Gasteiger partial charge in [0, 0.05) is 0 Å². The van der Waals surface area contributed by atoms with Crippen molar-refractivity contribution in [2.45, 2.75) is 37.3 Å². The van der Waals surface area contributed by atoms with Crippen LogP contribution < -0.4 is 9.80 Å².